The van der Waals surface area contributed by atoms with Crippen LogP contribution in [0.5, 0.6) is 0 Å². The lowest BCUT2D eigenvalue weighted by Gasteiger charge is -2.29. The summed E-state index contributed by atoms with van der Waals surface area (Å²) in [4.78, 5) is 31.6. The Hall–Kier alpha value is -2.57. The zero-order valence-electron chi connectivity index (χ0n) is 10.6. The van der Waals surface area contributed by atoms with Gasteiger partial charge in [0, 0.05) is 30.1 Å². The number of fused-ring (bicyclic) bond motifs is 1. The Morgan fingerprint density at radius 3 is 2.90 bits per heavy atom. The molecule has 4 rings (SSSR count). The first-order valence-electron chi connectivity index (χ1n) is 6.59. The van der Waals surface area contributed by atoms with Crippen molar-refractivity contribution >= 4 is 11.6 Å². The summed E-state index contributed by atoms with van der Waals surface area (Å²) < 4.78 is 0. The van der Waals surface area contributed by atoms with Gasteiger partial charge in [-0.15, -0.1) is 0 Å². The summed E-state index contributed by atoms with van der Waals surface area (Å²) in [5.74, 6) is 0.927. The fourth-order valence-electron chi connectivity index (χ4n) is 3.07. The van der Waals surface area contributed by atoms with Crippen molar-refractivity contribution in [1.29, 1.82) is 0 Å². The average Bonchev–Trinajstić information content (AvgIpc) is 3.08. The Kier molecular flexibility index (Phi) is 2.23. The molecule has 0 fully saturated rings. The van der Waals surface area contributed by atoms with Crippen LogP contribution in [0.25, 0.3) is 0 Å². The molecule has 0 spiro atoms. The molecule has 1 unspecified atom stereocenters. The molecule has 2 aromatic heterocycles. The molecule has 7 heteroatoms. The topological polar surface area (TPSA) is 106 Å². The van der Waals surface area contributed by atoms with Gasteiger partial charge in [-0.2, -0.15) is 0 Å². The third-order valence-electron chi connectivity index (χ3n) is 3.92. The molecule has 2 aliphatic rings. The largest absolute Gasteiger partial charge is 0.348 e. The summed E-state index contributed by atoms with van der Waals surface area (Å²) >= 11 is 0. The SMILES string of the molecule is O=C1CCCC2=C1C(c1ncc[nH]1)c1c([nH][nH]c1=O)N2. The van der Waals surface area contributed by atoms with Crippen molar-refractivity contribution in [2.45, 2.75) is 25.2 Å². The zero-order valence-corrected chi connectivity index (χ0v) is 10.6. The van der Waals surface area contributed by atoms with E-state index in [2.05, 4.69) is 25.5 Å². The Bertz CT molecular complexity index is 765. The summed E-state index contributed by atoms with van der Waals surface area (Å²) in [5.41, 5.74) is 1.86. The number of aromatic nitrogens is 4. The number of Topliss-reactive ketones (excluding diaryl/α,β-unsaturated/α-hetero) is 1. The van der Waals surface area contributed by atoms with Gasteiger partial charge in [0.15, 0.2) is 5.78 Å². The lowest BCUT2D eigenvalue weighted by Crippen LogP contribution is -2.29. The number of nitrogens with one attached hydrogen (secondary N) is 4. The number of rotatable bonds is 1. The third-order valence-corrected chi connectivity index (χ3v) is 3.92. The van der Waals surface area contributed by atoms with Crippen LogP contribution in [0.2, 0.25) is 0 Å². The highest BCUT2D eigenvalue weighted by Gasteiger charge is 2.38. The Labute approximate surface area is 113 Å². The van der Waals surface area contributed by atoms with Crippen molar-refractivity contribution < 1.29 is 4.79 Å². The van der Waals surface area contributed by atoms with E-state index in [0.717, 1.165) is 18.5 Å². The molecule has 1 atom stereocenters. The van der Waals surface area contributed by atoms with E-state index in [9.17, 15) is 9.59 Å². The summed E-state index contributed by atoms with van der Waals surface area (Å²) in [6, 6.07) is 0. The van der Waals surface area contributed by atoms with Gasteiger partial charge in [-0.1, -0.05) is 0 Å². The Morgan fingerprint density at radius 2 is 2.10 bits per heavy atom. The van der Waals surface area contributed by atoms with Gasteiger partial charge >= 0.3 is 0 Å². The van der Waals surface area contributed by atoms with Crippen LogP contribution in [-0.4, -0.2) is 25.9 Å². The molecule has 1 aliphatic heterocycles. The summed E-state index contributed by atoms with van der Waals surface area (Å²) in [7, 11) is 0. The maximum atomic E-state index is 12.3. The number of aromatic amines is 3. The third kappa shape index (κ3) is 1.43. The maximum absolute atomic E-state index is 12.3. The van der Waals surface area contributed by atoms with Crippen LogP contribution in [0.4, 0.5) is 5.82 Å². The second-order valence-corrected chi connectivity index (χ2v) is 5.07. The number of imidazole rings is 1. The number of ketones is 1. The van der Waals surface area contributed by atoms with Gasteiger partial charge in [0.1, 0.15) is 11.6 Å². The summed E-state index contributed by atoms with van der Waals surface area (Å²) in [6.07, 6.45) is 5.50. The first kappa shape index (κ1) is 11.3. The molecule has 20 heavy (non-hydrogen) atoms. The van der Waals surface area contributed by atoms with Crippen LogP contribution >= 0.6 is 0 Å². The molecule has 7 nitrogen and oxygen atoms in total. The predicted molar refractivity (Wildman–Crippen MR) is 71.4 cm³/mol. The Balaban J connectivity index is 1.99. The molecule has 1 aliphatic carbocycles. The van der Waals surface area contributed by atoms with E-state index < -0.39 is 5.92 Å². The van der Waals surface area contributed by atoms with Gasteiger partial charge in [0.2, 0.25) is 0 Å². The van der Waals surface area contributed by atoms with E-state index in [-0.39, 0.29) is 11.3 Å². The monoisotopic (exact) mass is 271 g/mol. The normalized spacial score (nSPS) is 21.4. The zero-order chi connectivity index (χ0) is 13.7. The van der Waals surface area contributed by atoms with E-state index in [4.69, 9.17) is 0 Å². The van der Waals surface area contributed by atoms with Crippen LogP contribution in [-0.2, 0) is 4.79 Å². The van der Waals surface area contributed by atoms with Crippen LogP contribution in [0.15, 0.2) is 28.5 Å². The molecule has 4 N–H and O–H groups in total. The van der Waals surface area contributed by atoms with Gasteiger partial charge < -0.3 is 10.3 Å². The van der Waals surface area contributed by atoms with Gasteiger partial charge in [0.05, 0.1) is 11.5 Å². The molecule has 0 amide bonds. The van der Waals surface area contributed by atoms with Crippen LogP contribution in [0.1, 0.15) is 36.6 Å². The highest BCUT2D eigenvalue weighted by Crippen LogP contribution is 2.41. The van der Waals surface area contributed by atoms with Gasteiger partial charge in [-0.3, -0.25) is 19.8 Å². The number of anilines is 1. The minimum absolute atomic E-state index is 0.0893. The lowest BCUT2D eigenvalue weighted by molar-refractivity contribution is -0.116. The molecule has 0 saturated carbocycles. The second-order valence-electron chi connectivity index (χ2n) is 5.07. The molecule has 3 heterocycles. The minimum atomic E-state index is -0.418. The summed E-state index contributed by atoms with van der Waals surface area (Å²) in [6.45, 7) is 0. The maximum Gasteiger partial charge on any atom is 0.270 e. The first-order chi connectivity index (χ1) is 9.75. The molecular formula is C13H13N5O2. The number of carbonyl (C=O) groups excluding carboxylic acids is 1. The number of allylic oxidation sites excluding steroid dienone is 2. The molecular weight excluding hydrogens is 258 g/mol. The van der Waals surface area contributed by atoms with Crippen LogP contribution < -0.4 is 10.9 Å². The van der Waals surface area contributed by atoms with Gasteiger partial charge in [-0.25, -0.2) is 4.98 Å². The minimum Gasteiger partial charge on any atom is -0.348 e. The van der Waals surface area contributed by atoms with E-state index in [0.29, 0.717) is 29.2 Å². The number of carbonyl (C=O) groups is 1. The van der Waals surface area contributed by atoms with Gasteiger partial charge in [0.25, 0.3) is 5.56 Å². The lowest BCUT2D eigenvalue weighted by atomic mass is 9.80. The molecule has 2 aromatic rings. The fourth-order valence-corrected chi connectivity index (χ4v) is 3.07. The van der Waals surface area contributed by atoms with Crippen LogP contribution in [0.3, 0.4) is 0 Å². The van der Waals surface area contributed by atoms with Crippen LogP contribution in [0, 0.1) is 0 Å². The number of nitrogens with zero attached hydrogens (tertiary/aromatic N) is 1. The highest BCUT2D eigenvalue weighted by atomic mass is 16.1. The quantitative estimate of drug-likeness (QED) is 0.620. The molecule has 0 bridgehead atoms. The molecule has 0 aromatic carbocycles. The first-order valence-corrected chi connectivity index (χ1v) is 6.59. The van der Waals surface area contributed by atoms with E-state index in [1.807, 2.05) is 0 Å². The summed E-state index contributed by atoms with van der Waals surface area (Å²) in [5, 5.41) is 8.58. The fraction of sp³-hybridized carbons (Fsp3) is 0.308. The van der Waals surface area contributed by atoms with Crippen molar-refractivity contribution in [3.63, 3.8) is 0 Å². The Morgan fingerprint density at radius 1 is 1.20 bits per heavy atom. The molecule has 0 saturated heterocycles. The highest BCUT2D eigenvalue weighted by molar-refractivity contribution is 6.00. The van der Waals surface area contributed by atoms with Crippen molar-refractivity contribution in [3.05, 3.63) is 45.4 Å². The number of hydrogen-bond donors (Lipinski definition) is 4. The number of hydrogen-bond acceptors (Lipinski definition) is 4. The smallest absolute Gasteiger partial charge is 0.270 e. The van der Waals surface area contributed by atoms with Crippen molar-refractivity contribution in [2.75, 3.05) is 5.32 Å². The van der Waals surface area contributed by atoms with E-state index in [1.54, 1.807) is 12.4 Å². The average molecular weight is 271 g/mol. The number of H-pyrrole nitrogens is 3. The van der Waals surface area contributed by atoms with Crippen molar-refractivity contribution in [3.8, 4) is 0 Å². The van der Waals surface area contributed by atoms with E-state index >= 15 is 0 Å². The van der Waals surface area contributed by atoms with E-state index in [1.165, 1.54) is 0 Å². The predicted octanol–water partition coefficient (Wildman–Crippen LogP) is 0.991. The van der Waals surface area contributed by atoms with Crippen molar-refractivity contribution in [1.82, 2.24) is 20.2 Å². The van der Waals surface area contributed by atoms with Gasteiger partial charge in [-0.05, 0) is 12.8 Å². The molecule has 102 valence electrons. The van der Waals surface area contributed by atoms with Crippen molar-refractivity contribution in [2.24, 2.45) is 0 Å². The second kappa shape index (κ2) is 3.96. The molecule has 0 radical (unpaired) electrons. The standard InChI is InChI=1S/C13H13N5O2/c19-7-3-1-2-6-8(7)9(11-14-4-5-15-11)10-12(16-6)17-18-13(10)20/h4-5,9H,1-3H2,(H,14,15)(H3,16,17,18,20).